The quantitative estimate of drug-likeness (QED) is 0.818. The molecule has 2 aromatic rings. The molecule has 1 heterocycles. The number of nitrogens with one attached hydrogen (secondary N) is 1. The largest absolute Gasteiger partial charge is 0.480 e. The molecule has 0 radical (unpaired) electrons. The molecule has 0 aliphatic carbocycles. The second-order valence-corrected chi connectivity index (χ2v) is 5.79. The number of carboxylic acid groups (broad SMARTS) is 1. The molecule has 0 unspecified atom stereocenters. The highest BCUT2D eigenvalue weighted by molar-refractivity contribution is 8.01. The molecule has 0 amide bonds. The summed E-state index contributed by atoms with van der Waals surface area (Å²) in [4.78, 5) is 25.3. The average Bonchev–Trinajstić information content (AvgIpc) is 2.56. The third-order valence-electron chi connectivity index (χ3n) is 2.28. The Kier molecular flexibility index (Phi) is 2.74. The third-order valence-corrected chi connectivity index (χ3v) is 3.45. The minimum absolute atomic E-state index is 0.465. The maximum absolute atomic E-state index is 11.0. The van der Waals surface area contributed by atoms with Gasteiger partial charge in [-0.3, -0.25) is 9.78 Å². The number of hydrogen-bond donors (Lipinski definition) is 2. The predicted octanol–water partition coefficient (Wildman–Crippen LogP) is 2.08. The van der Waals surface area contributed by atoms with Crippen LogP contribution in [-0.4, -0.2) is 20.8 Å². The van der Waals surface area contributed by atoms with Crippen molar-refractivity contribution in [2.75, 3.05) is 0 Å². The molecule has 0 spiro atoms. The highest BCUT2D eigenvalue weighted by Gasteiger charge is 2.28. The number of aromatic amines is 1. The fourth-order valence-electron chi connectivity index (χ4n) is 1.33. The van der Waals surface area contributed by atoms with Crippen LogP contribution in [-0.2, 0) is 4.79 Å². The van der Waals surface area contributed by atoms with E-state index in [0.717, 1.165) is 4.90 Å². The molecule has 0 atom stereocenters. The number of H-pyrrole nitrogens is 1. The van der Waals surface area contributed by atoms with E-state index in [0.29, 0.717) is 11.1 Å². The molecular formula is C11H11NO4S. The first-order chi connectivity index (χ1) is 7.88. The molecular weight excluding hydrogens is 242 g/mol. The normalized spacial score (nSPS) is 11.9. The molecule has 6 heteroatoms. The van der Waals surface area contributed by atoms with Crippen LogP contribution < -0.4 is 5.76 Å². The maximum atomic E-state index is 11.0. The molecule has 90 valence electrons. The summed E-state index contributed by atoms with van der Waals surface area (Å²) in [5.74, 6) is -1.40. The van der Waals surface area contributed by atoms with Gasteiger partial charge in [-0.25, -0.2) is 4.79 Å². The summed E-state index contributed by atoms with van der Waals surface area (Å²) in [7, 11) is 0. The molecule has 2 N–H and O–H groups in total. The van der Waals surface area contributed by atoms with Crippen LogP contribution in [0.1, 0.15) is 13.8 Å². The second-order valence-electron chi connectivity index (χ2n) is 4.09. The molecule has 0 fully saturated rings. The Morgan fingerprint density at radius 2 is 2.18 bits per heavy atom. The van der Waals surface area contributed by atoms with Crippen molar-refractivity contribution in [3.8, 4) is 0 Å². The van der Waals surface area contributed by atoms with Gasteiger partial charge in [-0.1, -0.05) is 0 Å². The topological polar surface area (TPSA) is 83.3 Å². The fourth-order valence-corrected chi connectivity index (χ4v) is 2.32. The van der Waals surface area contributed by atoms with Crippen molar-refractivity contribution >= 4 is 28.8 Å². The van der Waals surface area contributed by atoms with E-state index in [1.165, 1.54) is 11.8 Å². The van der Waals surface area contributed by atoms with Crippen molar-refractivity contribution in [1.29, 1.82) is 0 Å². The van der Waals surface area contributed by atoms with Gasteiger partial charge in [-0.2, -0.15) is 0 Å². The zero-order valence-corrected chi connectivity index (χ0v) is 10.1. The molecule has 5 nitrogen and oxygen atoms in total. The van der Waals surface area contributed by atoms with Crippen LogP contribution in [0.5, 0.6) is 0 Å². The monoisotopic (exact) mass is 253 g/mol. The van der Waals surface area contributed by atoms with Crippen LogP contribution in [0.4, 0.5) is 0 Å². The molecule has 0 bridgehead atoms. The lowest BCUT2D eigenvalue weighted by Crippen LogP contribution is -2.26. The van der Waals surface area contributed by atoms with Gasteiger partial charge in [0, 0.05) is 4.90 Å². The second kappa shape index (κ2) is 3.96. The van der Waals surface area contributed by atoms with Crippen molar-refractivity contribution < 1.29 is 14.3 Å². The number of aromatic nitrogens is 1. The van der Waals surface area contributed by atoms with Crippen LogP contribution in [0.15, 0.2) is 32.3 Å². The number of carbonyl (C=O) groups is 1. The van der Waals surface area contributed by atoms with Crippen LogP contribution in [0.3, 0.4) is 0 Å². The van der Waals surface area contributed by atoms with Gasteiger partial charge < -0.3 is 9.52 Å². The van der Waals surface area contributed by atoms with Crippen LogP contribution in [0.25, 0.3) is 11.1 Å². The first-order valence-electron chi connectivity index (χ1n) is 4.94. The van der Waals surface area contributed by atoms with Gasteiger partial charge in [0.2, 0.25) is 0 Å². The zero-order chi connectivity index (χ0) is 12.6. The third kappa shape index (κ3) is 2.36. The Bertz CT molecular complexity index is 626. The maximum Gasteiger partial charge on any atom is 0.417 e. The van der Waals surface area contributed by atoms with E-state index < -0.39 is 16.5 Å². The van der Waals surface area contributed by atoms with Gasteiger partial charge in [0.05, 0.1) is 5.52 Å². The predicted molar refractivity (Wildman–Crippen MR) is 64.4 cm³/mol. The lowest BCUT2D eigenvalue weighted by molar-refractivity contribution is -0.138. The Morgan fingerprint density at radius 3 is 2.82 bits per heavy atom. The van der Waals surface area contributed by atoms with Crippen molar-refractivity contribution in [3.05, 3.63) is 28.7 Å². The van der Waals surface area contributed by atoms with Gasteiger partial charge in [-0.15, -0.1) is 11.8 Å². The molecule has 0 aliphatic heterocycles. The van der Waals surface area contributed by atoms with E-state index in [-0.39, 0.29) is 0 Å². The van der Waals surface area contributed by atoms with E-state index in [4.69, 9.17) is 9.52 Å². The number of oxazole rings is 1. The van der Waals surface area contributed by atoms with Crippen molar-refractivity contribution in [1.82, 2.24) is 4.98 Å². The van der Waals surface area contributed by atoms with Gasteiger partial charge >= 0.3 is 11.7 Å². The number of fused-ring (bicyclic) bond motifs is 1. The first kappa shape index (κ1) is 11.8. The van der Waals surface area contributed by atoms with Gasteiger partial charge in [0.1, 0.15) is 4.75 Å². The molecule has 0 aliphatic rings. The van der Waals surface area contributed by atoms with Crippen molar-refractivity contribution in [2.45, 2.75) is 23.5 Å². The lowest BCUT2D eigenvalue weighted by Gasteiger charge is -2.17. The Hall–Kier alpha value is -1.69. The number of carboxylic acids is 1. The summed E-state index contributed by atoms with van der Waals surface area (Å²) in [6.45, 7) is 3.25. The molecule has 2 rings (SSSR count). The fraction of sp³-hybridized carbons (Fsp3) is 0.273. The number of aliphatic carboxylic acids is 1. The van der Waals surface area contributed by atoms with E-state index in [1.807, 2.05) is 0 Å². The summed E-state index contributed by atoms with van der Waals surface area (Å²) >= 11 is 1.21. The molecule has 1 aromatic carbocycles. The van der Waals surface area contributed by atoms with Gasteiger partial charge in [0.15, 0.2) is 5.58 Å². The molecule has 0 saturated carbocycles. The SMILES string of the molecule is CC(C)(Sc1ccc2oc(=O)[nH]c2c1)C(=O)O. The number of benzene rings is 1. The number of hydrogen-bond acceptors (Lipinski definition) is 4. The van der Waals surface area contributed by atoms with E-state index in [1.54, 1.807) is 32.0 Å². The summed E-state index contributed by atoms with van der Waals surface area (Å²) in [6.07, 6.45) is 0. The lowest BCUT2D eigenvalue weighted by atomic mass is 10.2. The summed E-state index contributed by atoms with van der Waals surface area (Å²) in [5, 5.41) is 9.02. The average molecular weight is 253 g/mol. The van der Waals surface area contributed by atoms with E-state index in [2.05, 4.69) is 4.98 Å². The molecule has 1 aromatic heterocycles. The zero-order valence-electron chi connectivity index (χ0n) is 9.31. The molecule has 17 heavy (non-hydrogen) atoms. The number of rotatable bonds is 3. The Balaban J connectivity index is 2.37. The van der Waals surface area contributed by atoms with E-state index in [9.17, 15) is 9.59 Å². The Labute approximate surface area is 101 Å². The highest BCUT2D eigenvalue weighted by Crippen LogP contribution is 2.33. The first-order valence-corrected chi connectivity index (χ1v) is 5.75. The Morgan fingerprint density at radius 1 is 1.47 bits per heavy atom. The van der Waals surface area contributed by atoms with Crippen molar-refractivity contribution in [2.24, 2.45) is 0 Å². The highest BCUT2D eigenvalue weighted by atomic mass is 32.2. The van der Waals surface area contributed by atoms with Gasteiger partial charge in [-0.05, 0) is 32.0 Å². The smallest absolute Gasteiger partial charge is 0.417 e. The van der Waals surface area contributed by atoms with Crippen LogP contribution >= 0.6 is 11.8 Å². The number of thioether (sulfide) groups is 1. The van der Waals surface area contributed by atoms with Crippen LogP contribution in [0.2, 0.25) is 0 Å². The summed E-state index contributed by atoms with van der Waals surface area (Å²) in [6, 6.07) is 5.08. The summed E-state index contributed by atoms with van der Waals surface area (Å²) in [5.41, 5.74) is 1.04. The summed E-state index contributed by atoms with van der Waals surface area (Å²) < 4.78 is 3.94. The van der Waals surface area contributed by atoms with Gasteiger partial charge in [0.25, 0.3) is 0 Å². The standard InChI is InChI=1S/C11H11NO4S/c1-11(2,9(13)14)17-6-3-4-8-7(5-6)12-10(15)16-8/h3-5H,1-2H3,(H,12,15)(H,13,14). The van der Waals surface area contributed by atoms with Crippen molar-refractivity contribution in [3.63, 3.8) is 0 Å². The minimum atomic E-state index is -0.919. The molecule has 0 saturated heterocycles. The van der Waals surface area contributed by atoms with Crippen LogP contribution in [0, 0.1) is 0 Å². The van der Waals surface area contributed by atoms with E-state index >= 15 is 0 Å². The minimum Gasteiger partial charge on any atom is -0.480 e.